The summed E-state index contributed by atoms with van der Waals surface area (Å²) in [6.07, 6.45) is 5.72. The number of hydrogen-bond donors (Lipinski definition) is 2. The van der Waals surface area contributed by atoms with Crippen molar-refractivity contribution in [3.8, 4) is 0 Å². The topological polar surface area (TPSA) is 61.7 Å². The van der Waals surface area contributed by atoms with Crippen molar-refractivity contribution < 1.29 is 0 Å². The maximum Gasteiger partial charge on any atom is 0.0944 e. The Balaban J connectivity index is 1.87. The summed E-state index contributed by atoms with van der Waals surface area (Å²) >= 11 is 0. The molecule has 2 aromatic carbocycles. The van der Waals surface area contributed by atoms with Crippen LogP contribution in [-0.4, -0.2) is 15.8 Å². The van der Waals surface area contributed by atoms with E-state index >= 15 is 0 Å². The molecule has 108 valence electrons. The van der Waals surface area contributed by atoms with Crippen molar-refractivity contribution in [2.75, 3.05) is 5.32 Å². The van der Waals surface area contributed by atoms with E-state index < -0.39 is 0 Å². The summed E-state index contributed by atoms with van der Waals surface area (Å²) in [5.74, 6) is 0.398. The van der Waals surface area contributed by atoms with Crippen molar-refractivity contribution in [1.82, 2.24) is 9.97 Å². The summed E-state index contributed by atoms with van der Waals surface area (Å²) in [5, 5.41) is 10.4. The van der Waals surface area contributed by atoms with Crippen LogP contribution in [0, 0.1) is 5.41 Å². The van der Waals surface area contributed by atoms with Gasteiger partial charge in [-0.25, -0.2) is 4.98 Å². The van der Waals surface area contributed by atoms with E-state index in [1.807, 2.05) is 60.7 Å². The average molecular weight is 288 g/mol. The van der Waals surface area contributed by atoms with Gasteiger partial charge in [-0.3, -0.25) is 10.4 Å². The minimum atomic E-state index is 0.398. The van der Waals surface area contributed by atoms with Crippen molar-refractivity contribution in [2.24, 2.45) is 0 Å². The van der Waals surface area contributed by atoms with E-state index in [2.05, 4.69) is 15.3 Å². The molecule has 4 nitrogen and oxygen atoms in total. The Bertz CT molecular complexity index is 838. The van der Waals surface area contributed by atoms with Gasteiger partial charge in [-0.15, -0.1) is 0 Å². The maximum atomic E-state index is 7.45. The lowest BCUT2D eigenvalue weighted by Gasteiger charge is -2.05. The third-order valence-electron chi connectivity index (χ3n) is 3.14. The van der Waals surface area contributed by atoms with Crippen LogP contribution in [-0.2, 0) is 0 Å². The highest BCUT2D eigenvalue weighted by Crippen LogP contribution is 2.17. The minimum Gasteiger partial charge on any atom is -0.344 e. The van der Waals surface area contributed by atoms with Crippen molar-refractivity contribution in [1.29, 1.82) is 5.41 Å². The molecule has 1 aromatic heterocycles. The number of aromatic nitrogens is 2. The molecule has 0 aliphatic carbocycles. The molecule has 22 heavy (non-hydrogen) atoms. The highest BCUT2D eigenvalue weighted by atomic mass is 14.9. The number of hydrogen-bond acceptors (Lipinski definition) is 3. The fraction of sp³-hybridized carbons (Fsp3) is 0.0556. The molecule has 0 saturated carbocycles. The second kappa shape index (κ2) is 6.18. The zero-order valence-corrected chi connectivity index (χ0v) is 12.2. The van der Waals surface area contributed by atoms with Crippen LogP contribution < -0.4 is 5.32 Å². The third-order valence-corrected chi connectivity index (χ3v) is 3.14. The molecule has 0 fully saturated rings. The van der Waals surface area contributed by atoms with Gasteiger partial charge in [0.2, 0.25) is 0 Å². The van der Waals surface area contributed by atoms with Crippen LogP contribution in [0.4, 0.5) is 5.69 Å². The van der Waals surface area contributed by atoms with Crippen LogP contribution in [0.1, 0.15) is 18.2 Å². The van der Waals surface area contributed by atoms with E-state index in [1.165, 1.54) is 0 Å². The van der Waals surface area contributed by atoms with Gasteiger partial charge in [0.1, 0.15) is 0 Å². The van der Waals surface area contributed by atoms with Crippen molar-refractivity contribution in [2.45, 2.75) is 6.92 Å². The molecule has 4 heteroatoms. The lowest BCUT2D eigenvalue weighted by Crippen LogP contribution is -2.04. The summed E-state index contributed by atoms with van der Waals surface area (Å²) in [5.41, 5.74) is 4.44. The Morgan fingerprint density at radius 1 is 1.05 bits per heavy atom. The zero-order valence-electron chi connectivity index (χ0n) is 12.2. The lowest BCUT2D eigenvalue weighted by molar-refractivity contribution is 1.27. The summed E-state index contributed by atoms with van der Waals surface area (Å²) in [6, 6.07) is 15.8. The van der Waals surface area contributed by atoms with Crippen LogP contribution in [0.5, 0.6) is 0 Å². The summed E-state index contributed by atoms with van der Waals surface area (Å²) in [7, 11) is 0. The van der Waals surface area contributed by atoms with E-state index in [4.69, 9.17) is 5.41 Å². The van der Waals surface area contributed by atoms with Gasteiger partial charge >= 0.3 is 0 Å². The number of nitrogens with one attached hydrogen (secondary N) is 2. The van der Waals surface area contributed by atoms with Crippen LogP contribution in [0.15, 0.2) is 54.7 Å². The number of nitrogens with zero attached hydrogens (tertiary/aromatic N) is 2. The molecule has 0 unspecified atom stereocenters. The number of rotatable bonds is 3. The van der Waals surface area contributed by atoms with Crippen molar-refractivity contribution in [3.05, 3.63) is 66.0 Å². The van der Waals surface area contributed by atoms with Gasteiger partial charge in [0.25, 0.3) is 0 Å². The van der Waals surface area contributed by atoms with E-state index in [9.17, 15) is 0 Å². The van der Waals surface area contributed by atoms with Gasteiger partial charge in [-0.1, -0.05) is 36.4 Å². The van der Waals surface area contributed by atoms with E-state index in [-0.39, 0.29) is 0 Å². The summed E-state index contributed by atoms with van der Waals surface area (Å²) in [4.78, 5) is 9.02. The lowest BCUT2D eigenvalue weighted by atomic mass is 10.2. The molecule has 0 saturated heterocycles. The predicted octanol–water partition coefficient (Wildman–Crippen LogP) is 4.21. The molecule has 0 aliphatic heterocycles. The van der Waals surface area contributed by atoms with Crippen LogP contribution in [0.3, 0.4) is 0 Å². The number of benzene rings is 2. The van der Waals surface area contributed by atoms with Gasteiger partial charge in [-0.05, 0) is 36.8 Å². The van der Waals surface area contributed by atoms with Crippen LogP contribution in [0.2, 0.25) is 0 Å². The average Bonchev–Trinajstić information content (AvgIpc) is 2.53. The monoisotopic (exact) mass is 288 g/mol. The largest absolute Gasteiger partial charge is 0.344 e. The molecule has 1 heterocycles. The third kappa shape index (κ3) is 3.35. The van der Waals surface area contributed by atoms with E-state index in [0.29, 0.717) is 5.84 Å². The predicted molar refractivity (Wildman–Crippen MR) is 91.9 cm³/mol. The molecular weight excluding hydrogens is 272 g/mol. The fourth-order valence-electron chi connectivity index (χ4n) is 2.15. The van der Waals surface area contributed by atoms with Crippen LogP contribution >= 0.6 is 0 Å². The second-order valence-corrected chi connectivity index (χ2v) is 4.99. The first-order valence-corrected chi connectivity index (χ1v) is 7.03. The Labute approximate surface area is 129 Å². The SMILES string of the molecule is CC(=N)Nc1ccc2nc(/C=C/c3ccccc3)cnc2c1. The highest BCUT2D eigenvalue weighted by molar-refractivity contribution is 5.93. The Morgan fingerprint density at radius 2 is 1.86 bits per heavy atom. The normalized spacial score (nSPS) is 11.0. The molecular formula is C18H16N4. The highest BCUT2D eigenvalue weighted by Gasteiger charge is 2.00. The van der Waals surface area contributed by atoms with Gasteiger partial charge in [0.15, 0.2) is 0 Å². The fourth-order valence-corrected chi connectivity index (χ4v) is 2.15. The second-order valence-electron chi connectivity index (χ2n) is 4.99. The Kier molecular flexibility index (Phi) is 3.92. The molecule has 3 aromatic rings. The molecule has 0 spiro atoms. The quantitative estimate of drug-likeness (QED) is 0.560. The van der Waals surface area contributed by atoms with Crippen molar-refractivity contribution >= 4 is 34.7 Å². The first-order valence-electron chi connectivity index (χ1n) is 7.03. The van der Waals surface area contributed by atoms with Gasteiger partial charge in [0, 0.05) is 5.69 Å². The van der Waals surface area contributed by atoms with E-state index in [1.54, 1.807) is 13.1 Å². The molecule has 3 rings (SSSR count). The van der Waals surface area contributed by atoms with Gasteiger partial charge in [0.05, 0.1) is 28.8 Å². The van der Waals surface area contributed by atoms with Crippen LogP contribution in [0.25, 0.3) is 23.2 Å². The molecule has 0 aliphatic rings. The molecule has 0 radical (unpaired) electrons. The molecule has 0 bridgehead atoms. The molecule has 0 atom stereocenters. The Hall–Kier alpha value is -3.01. The summed E-state index contributed by atoms with van der Waals surface area (Å²) in [6.45, 7) is 1.70. The molecule has 2 N–H and O–H groups in total. The smallest absolute Gasteiger partial charge is 0.0944 e. The van der Waals surface area contributed by atoms with Crippen molar-refractivity contribution in [3.63, 3.8) is 0 Å². The first kappa shape index (κ1) is 13.9. The number of amidine groups is 1. The van der Waals surface area contributed by atoms with E-state index in [0.717, 1.165) is 28.0 Å². The number of anilines is 1. The van der Waals surface area contributed by atoms with Gasteiger partial charge < -0.3 is 5.32 Å². The number of fused-ring (bicyclic) bond motifs is 1. The first-order chi connectivity index (χ1) is 10.7. The zero-order chi connectivity index (χ0) is 15.4. The maximum absolute atomic E-state index is 7.45. The molecule has 0 amide bonds. The standard InChI is InChI=1S/C18H16N4/c1-13(19)21-15-9-10-17-18(11-15)20-12-16(22-17)8-7-14-5-3-2-4-6-14/h2-12H,1H3,(H2,19,21)/b8-7+. The minimum absolute atomic E-state index is 0.398. The summed E-state index contributed by atoms with van der Waals surface area (Å²) < 4.78 is 0. The Morgan fingerprint density at radius 3 is 2.64 bits per heavy atom. The van der Waals surface area contributed by atoms with Gasteiger partial charge in [-0.2, -0.15) is 0 Å².